The standard InChI is InChI=1S/C20H23N3O2S/c1-3-14-12-26-20-22-18(15-7-5-6-10-21-15)19(23(14)20)13-8-9-16(24)17(11-13)25-4-2/h5-11,14,18-19,24H,3-4,12H2,1-2H3/t14-,18+,19+/m1/s1. The summed E-state index contributed by atoms with van der Waals surface area (Å²) < 4.78 is 5.62. The first kappa shape index (κ1) is 17.2. The Morgan fingerprint density at radius 2 is 2.15 bits per heavy atom. The summed E-state index contributed by atoms with van der Waals surface area (Å²) >= 11 is 1.83. The molecule has 0 aliphatic carbocycles. The van der Waals surface area contributed by atoms with Crippen LogP contribution >= 0.6 is 11.8 Å². The number of pyridine rings is 1. The monoisotopic (exact) mass is 369 g/mol. The predicted molar refractivity (Wildman–Crippen MR) is 105 cm³/mol. The normalized spacial score (nSPS) is 24.5. The molecule has 5 nitrogen and oxygen atoms in total. The topological polar surface area (TPSA) is 58.0 Å². The summed E-state index contributed by atoms with van der Waals surface area (Å²) in [5, 5.41) is 11.2. The molecule has 0 saturated carbocycles. The molecule has 4 rings (SSSR count). The van der Waals surface area contributed by atoms with Crippen LogP contribution in [0, 0.1) is 0 Å². The quantitative estimate of drug-likeness (QED) is 0.857. The van der Waals surface area contributed by atoms with Gasteiger partial charge in [-0.15, -0.1) is 0 Å². The molecule has 2 aliphatic heterocycles. The second-order valence-electron chi connectivity index (χ2n) is 6.50. The average Bonchev–Trinajstić information content (AvgIpc) is 3.23. The minimum absolute atomic E-state index is 0.0490. The van der Waals surface area contributed by atoms with Crippen molar-refractivity contribution in [3.05, 3.63) is 53.9 Å². The first-order valence-electron chi connectivity index (χ1n) is 9.08. The van der Waals surface area contributed by atoms with Crippen molar-refractivity contribution in [1.82, 2.24) is 9.88 Å². The van der Waals surface area contributed by atoms with E-state index in [1.165, 1.54) is 0 Å². The molecule has 1 aromatic heterocycles. The minimum Gasteiger partial charge on any atom is -0.504 e. The predicted octanol–water partition coefficient (Wildman–Crippen LogP) is 4.17. The van der Waals surface area contributed by atoms with Gasteiger partial charge in [0.1, 0.15) is 6.04 Å². The molecule has 1 aromatic carbocycles. The molecule has 26 heavy (non-hydrogen) atoms. The van der Waals surface area contributed by atoms with Crippen molar-refractivity contribution < 1.29 is 9.84 Å². The summed E-state index contributed by atoms with van der Waals surface area (Å²) in [5.41, 5.74) is 2.07. The minimum atomic E-state index is -0.0490. The van der Waals surface area contributed by atoms with Crippen LogP contribution in [0.1, 0.15) is 43.6 Å². The van der Waals surface area contributed by atoms with Crippen LogP contribution in [0.25, 0.3) is 0 Å². The summed E-state index contributed by atoms with van der Waals surface area (Å²) in [5.74, 6) is 1.77. The number of phenolic OH excluding ortho intramolecular Hbond substituents is 1. The summed E-state index contributed by atoms with van der Waals surface area (Å²) in [7, 11) is 0. The van der Waals surface area contributed by atoms with Crippen molar-refractivity contribution >= 4 is 16.9 Å². The van der Waals surface area contributed by atoms with Gasteiger partial charge in [-0.1, -0.05) is 30.8 Å². The van der Waals surface area contributed by atoms with E-state index < -0.39 is 0 Å². The van der Waals surface area contributed by atoms with Gasteiger partial charge >= 0.3 is 0 Å². The molecule has 2 aliphatic rings. The summed E-state index contributed by atoms with van der Waals surface area (Å²) in [6.07, 6.45) is 2.90. The lowest BCUT2D eigenvalue weighted by Crippen LogP contribution is -2.35. The third-order valence-corrected chi connectivity index (χ3v) is 6.08. The highest BCUT2D eigenvalue weighted by atomic mass is 32.2. The number of rotatable bonds is 5. The first-order valence-corrected chi connectivity index (χ1v) is 10.1. The molecule has 0 unspecified atom stereocenters. The summed E-state index contributed by atoms with van der Waals surface area (Å²) in [4.78, 5) is 12.0. The van der Waals surface area contributed by atoms with Gasteiger partial charge in [0.2, 0.25) is 0 Å². The Morgan fingerprint density at radius 3 is 2.88 bits per heavy atom. The number of hydrogen-bond donors (Lipinski definition) is 1. The number of aromatic hydroxyl groups is 1. The highest BCUT2D eigenvalue weighted by Gasteiger charge is 2.45. The van der Waals surface area contributed by atoms with E-state index in [2.05, 4.69) is 16.8 Å². The molecular formula is C20H23N3O2S. The lowest BCUT2D eigenvalue weighted by atomic mass is 9.95. The molecule has 136 valence electrons. The van der Waals surface area contributed by atoms with E-state index in [4.69, 9.17) is 9.73 Å². The van der Waals surface area contributed by atoms with E-state index in [1.54, 1.807) is 6.07 Å². The van der Waals surface area contributed by atoms with Crippen LogP contribution in [0.2, 0.25) is 0 Å². The van der Waals surface area contributed by atoms with Crippen molar-refractivity contribution in [3.8, 4) is 11.5 Å². The van der Waals surface area contributed by atoms with Crippen molar-refractivity contribution in [2.45, 2.75) is 38.4 Å². The van der Waals surface area contributed by atoms with Gasteiger partial charge in [0, 0.05) is 18.0 Å². The third kappa shape index (κ3) is 2.92. The van der Waals surface area contributed by atoms with Gasteiger partial charge in [-0.05, 0) is 43.2 Å². The molecule has 0 amide bonds. The van der Waals surface area contributed by atoms with Crippen molar-refractivity contribution in [3.63, 3.8) is 0 Å². The molecule has 6 heteroatoms. The SMILES string of the molecule is CCOc1cc([C@H]2[C@H](c3ccccn3)N=C3SC[C@@H](CC)N32)ccc1O. The molecule has 1 fully saturated rings. The molecule has 3 atom stereocenters. The number of fused-ring (bicyclic) bond motifs is 1. The number of ether oxygens (including phenoxy) is 1. The summed E-state index contributed by atoms with van der Waals surface area (Å²) in [6.45, 7) is 4.66. The van der Waals surface area contributed by atoms with E-state index in [1.807, 2.05) is 55.2 Å². The molecule has 0 spiro atoms. The van der Waals surface area contributed by atoms with Crippen LogP contribution < -0.4 is 4.74 Å². The fraction of sp³-hybridized carbons (Fsp3) is 0.400. The van der Waals surface area contributed by atoms with Gasteiger partial charge in [0.15, 0.2) is 16.7 Å². The van der Waals surface area contributed by atoms with Gasteiger partial charge in [0.25, 0.3) is 0 Å². The first-order chi connectivity index (χ1) is 12.7. The Bertz CT molecular complexity index is 812. The van der Waals surface area contributed by atoms with E-state index in [0.29, 0.717) is 18.4 Å². The number of phenols is 1. The maximum absolute atomic E-state index is 10.1. The van der Waals surface area contributed by atoms with Crippen molar-refractivity contribution in [2.24, 2.45) is 4.99 Å². The number of hydrogen-bond acceptors (Lipinski definition) is 6. The van der Waals surface area contributed by atoms with Crippen LogP contribution in [0.15, 0.2) is 47.6 Å². The van der Waals surface area contributed by atoms with Gasteiger partial charge in [-0.2, -0.15) is 0 Å². The van der Waals surface area contributed by atoms with Crippen molar-refractivity contribution in [1.29, 1.82) is 0 Å². The van der Waals surface area contributed by atoms with Crippen LogP contribution in [0.5, 0.6) is 11.5 Å². The van der Waals surface area contributed by atoms with Gasteiger partial charge in [-0.3, -0.25) is 9.98 Å². The van der Waals surface area contributed by atoms with Crippen LogP contribution in [-0.4, -0.2) is 38.6 Å². The maximum Gasteiger partial charge on any atom is 0.161 e. The van der Waals surface area contributed by atoms with Gasteiger partial charge in [0.05, 0.1) is 18.3 Å². The molecule has 3 heterocycles. The molecule has 2 aromatic rings. The highest BCUT2D eigenvalue weighted by molar-refractivity contribution is 8.14. The zero-order valence-electron chi connectivity index (χ0n) is 15.0. The Kier molecular flexibility index (Phi) is 4.76. The highest BCUT2D eigenvalue weighted by Crippen LogP contribution is 2.49. The van der Waals surface area contributed by atoms with Crippen LogP contribution in [0.3, 0.4) is 0 Å². The third-order valence-electron chi connectivity index (χ3n) is 4.95. The van der Waals surface area contributed by atoms with E-state index in [-0.39, 0.29) is 17.8 Å². The second kappa shape index (κ2) is 7.19. The largest absolute Gasteiger partial charge is 0.504 e. The Hall–Kier alpha value is -2.21. The lowest BCUT2D eigenvalue weighted by Gasteiger charge is -2.32. The average molecular weight is 369 g/mol. The second-order valence-corrected chi connectivity index (χ2v) is 7.48. The van der Waals surface area contributed by atoms with Crippen molar-refractivity contribution in [2.75, 3.05) is 12.4 Å². The van der Waals surface area contributed by atoms with Gasteiger partial charge in [-0.25, -0.2) is 0 Å². The Balaban J connectivity index is 1.78. The number of aliphatic imine (C=N–C) groups is 1. The van der Waals surface area contributed by atoms with Crippen LogP contribution in [-0.2, 0) is 0 Å². The fourth-order valence-electron chi connectivity index (χ4n) is 3.70. The molecule has 0 radical (unpaired) electrons. The number of nitrogens with zero attached hydrogens (tertiary/aromatic N) is 3. The number of amidine groups is 1. The van der Waals surface area contributed by atoms with Gasteiger partial charge < -0.3 is 14.7 Å². The summed E-state index contributed by atoms with van der Waals surface area (Å²) in [6, 6.07) is 12.1. The number of thioether (sulfide) groups is 1. The maximum atomic E-state index is 10.1. The Morgan fingerprint density at radius 1 is 1.27 bits per heavy atom. The zero-order chi connectivity index (χ0) is 18.1. The van der Waals surface area contributed by atoms with E-state index in [0.717, 1.165) is 28.6 Å². The van der Waals surface area contributed by atoms with E-state index >= 15 is 0 Å². The lowest BCUT2D eigenvalue weighted by molar-refractivity contribution is 0.253. The number of benzene rings is 1. The molecule has 1 saturated heterocycles. The van der Waals surface area contributed by atoms with Crippen LogP contribution in [0.4, 0.5) is 0 Å². The molecule has 0 bridgehead atoms. The zero-order valence-corrected chi connectivity index (χ0v) is 15.8. The number of aromatic nitrogens is 1. The van der Waals surface area contributed by atoms with E-state index in [9.17, 15) is 5.11 Å². The molecule has 1 N–H and O–H groups in total. The smallest absolute Gasteiger partial charge is 0.161 e. The fourth-order valence-corrected chi connectivity index (χ4v) is 5.03. The molecular weight excluding hydrogens is 346 g/mol. The Labute approximate surface area is 158 Å².